The lowest BCUT2D eigenvalue weighted by Crippen LogP contribution is -2.45. The summed E-state index contributed by atoms with van der Waals surface area (Å²) in [4.78, 5) is 39.5. The number of nitrogens with one attached hydrogen (secondary N) is 3. The van der Waals surface area contributed by atoms with Gasteiger partial charge in [-0.25, -0.2) is 0 Å². The van der Waals surface area contributed by atoms with Crippen LogP contribution < -0.4 is 21.1 Å². The lowest BCUT2D eigenvalue weighted by molar-refractivity contribution is -0.118. The number of anilines is 1. The van der Waals surface area contributed by atoms with Crippen molar-refractivity contribution in [2.24, 2.45) is 0 Å². The number of hydrogen-bond acceptors (Lipinski definition) is 5. The van der Waals surface area contributed by atoms with E-state index in [9.17, 15) is 14.4 Å². The van der Waals surface area contributed by atoms with Crippen molar-refractivity contribution in [1.29, 1.82) is 0 Å². The van der Waals surface area contributed by atoms with E-state index in [2.05, 4.69) is 16.2 Å². The number of hydrogen-bond donors (Lipinski definition) is 3. The topological polar surface area (TPSA) is 104 Å². The standard InChI is InChI=1S/C23H22N4O4/c1-27(2)18-11-6-10-17(14-18)22(29)25-26-23(30)20(15-19-12-7-13-31-19)24-21(28)16-8-4-3-5-9-16/h3-15H,1-2H3,(H,24,28)(H,25,29)(H,26,30). The van der Waals surface area contributed by atoms with Crippen LogP contribution in [0.25, 0.3) is 6.08 Å². The fourth-order valence-electron chi connectivity index (χ4n) is 2.64. The third-order valence-electron chi connectivity index (χ3n) is 4.27. The molecule has 0 fully saturated rings. The molecule has 158 valence electrons. The summed E-state index contributed by atoms with van der Waals surface area (Å²) in [6.45, 7) is 0. The zero-order chi connectivity index (χ0) is 22.2. The maximum absolute atomic E-state index is 12.7. The number of amides is 3. The van der Waals surface area contributed by atoms with Gasteiger partial charge in [0.15, 0.2) is 0 Å². The fraction of sp³-hybridized carbons (Fsp3) is 0.0870. The first kappa shape index (κ1) is 21.4. The molecule has 0 atom stereocenters. The van der Waals surface area contributed by atoms with Crippen molar-refractivity contribution in [2.45, 2.75) is 0 Å². The fourth-order valence-corrected chi connectivity index (χ4v) is 2.64. The van der Waals surface area contributed by atoms with E-state index in [0.29, 0.717) is 16.9 Å². The van der Waals surface area contributed by atoms with Gasteiger partial charge in [-0.2, -0.15) is 0 Å². The number of nitrogens with zero attached hydrogens (tertiary/aromatic N) is 1. The van der Waals surface area contributed by atoms with Crippen molar-refractivity contribution in [3.8, 4) is 0 Å². The molecule has 3 amide bonds. The van der Waals surface area contributed by atoms with Gasteiger partial charge in [0.2, 0.25) is 0 Å². The van der Waals surface area contributed by atoms with Crippen LogP contribution in [-0.2, 0) is 4.79 Å². The normalized spacial score (nSPS) is 10.8. The Morgan fingerprint density at radius 3 is 2.26 bits per heavy atom. The number of benzene rings is 2. The molecule has 3 aromatic rings. The Kier molecular flexibility index (Phi) is 6.85. The third kappa shape index (κ3) is 5.83. The van der Waals surface area contributed by atoms with Gasteiger partial charge in [-0.05, 0) is 42.5 Å². The molecule has 3 rings (SSSR count). The maximum atomic E-state index is 12.7. The molecule has 31 heavy (non-hydrogen) atoms. The molecule has 1 heterocycles. The van der Waals surface area contributed by atoms with Crippen molar-refractivity contribution >= 4 is 29.5 Å². The first-order valence-corrected chi connectivity index (χ1v) is 9.43. The van der Waals surface area contributed by atoms with Gasteiger partial charge in [-0.3, -0.25) is 25.2 Å². The van der Waals surface area contributed by atoms with Crippen molar-refractivity contribution in [1.82, 2.24) is 16.2 Å². The average molecular weight is 418 g/mol. The van der Waals surface area contributed by atoms with Crippen LogP contribution in [0.4, 0.5) is 5.69 Å². The van der Waals surface area contributed by atoms with Crippen LogP contribution in [0.3, 0.4) is 0 Å². The van der Waals surface area contributed by atoms with Crippen LogP contribution in [0.5, 0.6) is 0 Å². The minimum absolute atomic E-state index is 0.0915. The zero-order valence-corrected chi connectivity index (χ0v) is 17.1. The number of carbonyl (C=O) groups is 3. The summed E-state index contributed by atoms with van der Waals surface area (Å²) in [6.07, 6.45) is 2.81. The average Bonchev–Trinajstić information content (AvgIpc) is 3.30. The number of hydrazine groups is 1. The Morgan fingerprint density at radius 2 is 1.58 bits per heavy atom. The van der Waals surface area contributed by atoms with Crippen LogP contribution >= 0.6 is 0 Å². The number of rotatable bonds is 6. The van der Waals surface area contributed by atoms with E-state index in [-0.39, 0.29) is 5.70 Å². The molecule has 8 heteroatoms. The summed E-state index contributed by atoms with van der Waals surface area (Å²) in [5.41, 5.74) is 6.18. The predicted octanol–water partition coefficient (Wildman–Crippen LogP) is 2.58. The molecule has 3 N–H and O–H groups in total. The molecule has 0 aliphatic heterocycles. The molecule has 0 aliphatic rings. The Morgan fingerprint density at radius 1 is 0.839 bits per heavy atom. The van der Waals surface area contributed by atoms with E-state index in [1.54, 1.807) is 60.7 Å². The quantitative estimate of drug-likeness (QED) is 0.422. The van der Waals surface area contributed by atoms with Gasteiger partial charge in [-0.15, -0.1) is 0 Å². The highest BCUT2D eigenvalue weighted by molar-refractivity contribution is 6.06. The molecule has 1 aromatic heterocycles. The van der Waals surface area contributed by atoms with Crippen LogP contribution in [-0.4, -0.2) is 31.8 Å². The smallest absolute Gasteiger partial charge is 0.286 e. The van der Waals surface area contributed by atoms with Crippen molar-refractivity contribution < 1.29 is 18.8 Å². The number of carbonyl (C=O) groups excluding carboxylic acids is 3. The Hall–Kier alpha value is -4.33. The minimum Gasteiger partial charge on any atom is -0.465 e. The van der Waals surface area contributed by atoms with Gasteiger partial charge in [0.25, 0.3) is 17.7 Å². The van der Waals surface area contributed by atoms with E-state index >= 15 is 0 Å². The van der Waals surface area contributed by atoms with E-state index in [4.69, 9.17) is 4.42 Å². The predicted molar refractivity (Wildman–Crippen MR) is 117 cm³/mol. The van der Waals surface area contributed by atoms with Gasteiger partial charge in [0.05, 0.1) is 6.26 Å². The van der Waals surface area contributed by atoms with E-state index in [1.807, 2.05) is 25.1 Å². The maximum Gasteiger partial charge on any atom is 0.286 e. The summed E-state index contributed by atoms with van der Waals surface area (Å²) >= 11 is 0. The van der Waals surface area contributed by atoms with Crippen molar-refractivity contribution in [2.75, 3.05) is 19.0 Å². The zero-order valence-electron chi connectivity index (χ0n) is 17.1. The molecule has 2 aromatic carbocycles. The molecule has 0 bridgehead atoms. The molecule has 0 radical (unpaired) electrons. The monoisotopic (exact) mass is 418 g/mol. The highest BCUT2D eigenvalue weighted by Gasteiger charge is 2.16. The number of furan rings is 1. The summed E-state index contributed by atoms with van der Waals surface area (Å²) in [6, 6.07) is 18.7. The molecule has 0 saturated carbocycles. The second kappa shape index (κ2) is 9.93. The van der Waals surface area contributed by atoms with Crippen molar-refractivity contribution in [3.63, 3.8) is 0 Å². The highest BCUT2D eigenvalue weighted by Crippen LogP contribution is 2.13. The second-order valence-corrected chi connectivity index (χ2v) is 6.75. The highest BCUT2D eigenvalue weighted by atomic mass is 16.3. The Labute approximate surface area is 179 Å². The molecule has 0 aliphatic carbocycles. The van der Waals surface area contributed by atoms with Gasteiger partial charge in [0.1, 0.15) is 11.5 Å². The van der Waals surface area contributed by atoms with Crippen LogP contribution in [0.1, 0.15) is 26.5 Å². The van der Waals surface area contributed by atoms with Gasteiger partial charge >= 0.3 is 0 Å². The SMILES string of the molecule is CN(C)c1cccc(C(=O)NNC(=O)C(=Cc2ccco2)NC(=O)c2ccccc2)c1. The van der Waals surface area contributed by atoms with Gasteiger partial charge in [-0.1, -0.05) is 24.3 Å². The summed E-state index contributed by atoms with van der Waals surface area (Å²) in [7, 11) is 3.72. The summed E-state index contributed by atoms with van der Waals surface area (Å²) in [5.74, 6) is -1.32. The van der Waals surface area contributed by atoms with Gasteiger partial charge in [0, 0.05) is 37.0 Å². The third-order valence-corrected chi connectivity index (χ3v) is 4.27. The van der Waals surface area contributed by atoms with E-state index < -0.39 is 17.7 Å². The van der Waals surface area contributed by atoms with Crippen molar-refractivity contribution in [3.05, 3.63) is 95.6 Å². The first-order valence-electron chi connectivity index (χ1n) is 9.43. The molecule has 8 nitrogen and oxygen atoms in total. The second-order valence-electron chi connectivity index (χ2n) is 6.75. The summed E-state index contributed by atoms with van der Waals surface area (Å²) < 4.78 is 5.23. The van der Waals surface area contributed by atoms with Crippen LogP contribution in [0.15, 0.2) is 83.1 Å². The first-order chi connectivity index (χ1) is 14.9. The largest absolute Gasteiger partial charge is 0.465 e. The Balaban J connectivity index is 1.72. The van der Waals surface area contributed by atoms with Crippen LogP contribution in [0, 0.1) is 0 Å². The van der Waals surface area contributed by atoms with Gasteiger partial charge < -0.3 is 14.6 Å². The molecular formula is C23H22N4O4. The summed E-state index contributed by atoms with van der Waals surface area (Å²) in [5, 5.41) is 2.55. The minimum atomic E-state index is -0.710. The lowest BCUT2D eigenvalue weighted by atomic mass is 10.2. The van der Waals surface area contributed by atoms with E-state index in [1.165, 1.54) is 12.3 Å². The molecule has 0 saturated heterocycles. The molecule has 0 spiro atoms. The molecule has 0 unspecified atom stereocenters. The van der Waals surface area contributed by atoms with E-state index in [0.717, 1.165) is 5.69 Å². The lowest BCUT2D eigenvalue weighted by Gasteiger charge is -2.14. The van der Waals surface area contributed by atoms with Crippen LogP contribution in [0.2, 0.25) is 0 Å². The Bertz CT molecular complexity index is 1090. The molecular weight excluding hydrogens is 396 g/mol.